The summed E-state index contributed by atoms with van der Waals surface area (Å²) >= 11 is 0. The minimum atomic E-state index is -0.974. The van der Waals surface area contributed by atoms with Crippen molar-refractivity contribution in [2.24, 2.45) is 0 Å². The lowest BCUT2D eigenvalue weighted by Gasteiger charge is -2.12. The van der Waals surface area contributed by atoms with E-state index in [1.807, 2.05) is 13.8 Å². The van der Waals surface area contributed by atoms with Crippen LogP contribution in [0.3, 0.4) is 0 Å². The van der Waals surface area contributed by atoms with E-state index in [0.717, 1.165) is 0 Å². The highest BCUT2D eigenvalue weighted by molar-refractivity contribution is 5.89. The predicted octanol–water partition coefficient (Wildman–Crippen LogP) is 1.78. The fourth-order valence-corrected chi connectivity index (χ4v) is 1.72. The maximum atomic E-state index is 10.9. The fourth-order valence-electron chi connectivity index (χ4n) is 1.72. The first-order chi connectivity index (χ1) is 7.43. The molecule has 0 aliphatic heterocycles. The minimum Gasteiger partial charge on any atom is -0.481 e. The molecule has 1 aromatic heterocycles. The lowest BCUT2D eigenvalue weighted by Crippen LogP contribution is -2.10. The number of aromatic carboxylic acids is 1. The van der Waals surface area contributed by atoms with Crippen molar-refractivity contribution >= 4 is 11.9 Å². The Balaban J connectivity index is 3.00. The van der Waals surface area contributed by atoms with Crippen LogP contribution in [0, 0.1) is 0 Å². The van der Waals surface area contributed by atoms with Gasteiger partial charge in [0.1, 0.15) is 0 Å². The van der Waals surface area contributed by atoms with Gasteiger partial charge in [0.05, 0.1) is 12.0 Å². The van der Waals surface area contributed by atoms with Crippen molar-refractivity contribution in [1.29, 1.82) is 0 Å². The Morgan fingerprint density at radius 3 is 2.44 bits per heavy atom. The maximum absolute atomic E-state index is 10.9. The number of carboxylic acid groups (broad SMARTS) is 2. The molecule has 0 unspecified atom stereocenters. The standard InChI is InChI=1S/C11H15NO4/c1-7(2)10-8(11(15)16)3-5-12(10)6-4-9(13)14/h3,5,7H,4,6H2,1-2H3,(H,13,14)(H,15,16). The second-order valence-electron chi connectivity index (χ2n) is 3.91. The largest absolute Gasteiger partial charge is 0.481 e. The predicted molar refractivity (Wildman–Crippen MR) is 57.7 cm³/mol. The number of hydrogen-bond donors (Lipinski definition) is 2. The fraction of sp³-hybridized carbons (Fsp3) is 0.455. The molecule has 5 heteroatoms. The summed E-state index contributed by atoms with van der Waals surface area (Å²) < 4.78 is 1.70. The van der Waals surface area contributed by atoms with E-state index in [-0.39, 0.29) is 17.9 Å². The lowest BCUT2D eigenvalue weighted by molar-refractivity contribution is -0.137. The molecule has 0 aliphatic carbocycles. The number of aryl methyl sites for hydroxylation is 1. The Labute approximate surface area is 93.3 Å². The zero-order valence-corrected chi connectivity index (χ0v) is 9.30. The Hall–Kier alpha value is -1.78. The van der Waals surface area contributed by atoms with Gasteiger partial charge in [-0.15, -0.1) is 0 Å². The number of carbonyl (C=O) groups is 2. The molecule has 0 bridgehead atoms. The molecule has 0 atom stereocenters. The SMILES string of the molecule is CC(C)c1c(C(=O)O)ccn1CCC(=O)O. The van der Waals surface area contributed by atoms with E-state index in [1.165, 1.54) is 6.07 Å². The van der Waals surface area contributed by atoms with Crippen molar-refractivity contribution in [2.75, 3.05) is 0 Å². The van der Waals surface area contributed by atoms with Crippen LogP contribution in [-0.4, -0.2) is 26.7 Å². The van der Waals surface area contributed by atoms with Gasteiger partial charge in [0, 0.05) is 18.4 Å². The summed E-state index contributed by atoms with van der Waals surface area (Å²) in [6, 6.07) is 1.51. The highest BCUT2D eigenvalue weighted by Crippen LogP contribution is 2.21. The third-order valence-electron chi connectivity index (χ3n) is 2.35. The van der Waals surface area contributed by atoms with Gasteiger partial charge in [0.2, 0.25) is 0 Å². The molecular formula is C11H15NO4. The maximum Gasteiger partial charge on any atom is 0.337 e. The second-order valence-corrected chi connectivity index (χ2v) is 3.91. The number of nitrogens with zero attached hydrogens (tertiary/aromatic N) is 1. The third-order valence-corrected chi connectivity index (χ3v) is 2.35. The van der Waals surface area contributed by atoms with E-state index >= 15 is 0 Å². The molecule has 0 radical (unpaired) electrons. The van der Waals surface area contributed by atoms with Gasteiger partial charge in [-0.3, -0.25) is 4.79 Å². The number of hydrogen-bond acceptors (Lipinski definition) is 2. The summed E-state index contributed by atoms with van der Waals surface area (Å²) in [5, 5.41) is 17.6. The van der Waals surface area contributed by atoms with Crippen LogP contribution in [0.5, 0.6) is 0 Å². The van der Waals surface area contributed by atoms with Crippen molar-refractivity contribution in [2.45, 2.75) is 32.7 Å². The molecule has 0 aromatic carbocycles. The van der Waals surface area contributed by atoms with Crippen molar-refractivity contribution in [3.63, 3.8) is 0 Å². The molecule has 88 valence electrons. The molecule has 1 aromatic rings. The first kappa shape index (κ1) is 12.3. The van der Waals surface area contributed by atoms with Gasteiger partial charge >= 0.3 is 11.9 Å². The van der Waals surface area contributed by atoms with Crippen LogP contribution in [0.1, 0.15) is 42.2 Å². The summed E-state index contributed by atoms with van der Waals surface area (Å²) in [5.74, 6) is -1.81. The van der Waals surface area contributed by atoms with Crippen molar-refractivity contribution in [1.82, 2.24) is 4.57 Å². The van der Waals surface area contributed by atoms with Gasteiger partial charge in [-0.05, 0) is 12.0 Å². The van der Waals surface area contributed by atoms with Gasteiger partial charge in [-0.2, -0.15) is 0 Å². The highest BCUT2D eigenvalue weighted by atomic mass is 16.4. The molecule has 0 fully saturated rings. The first-order valence-corrected chi connectivity index (χ1v) is 5.07. The van der Waals surface area contributed by atoms with Gasteiger partial charge in [-0.25, -0.2) is 4.79 Å². The summed E-state index contributed by atoms with van der Waals surface area (Å²) in [7, 11) is 0. The van der Waals surface area contributed by atoms with Crippen LogP contribution in [0.25, 0.3) is 0 Å². The second kappa shape index (κ2) is 4.83. The molecular weight excluding hydrogens is 210 g/mol. The van der Waals surface area contributed by atoms with Gasteiger partial charge in [-0.1, -0.05) is 13.8 Å². The summed E-state index contributed by atoms with van der Waals surface area (Å²) in [5.41, 5.74) is 0.925. The molecule has 0 spiro atoms. The molecule has 2 N–H and O–H groups in total. The van der Waals surface area contributed by atoms with E-state index in [1.54, 1.807) is 10.8 Å². The quantitative estimate of drug-likeness (QED) is 0.800. The minimum absolute atomic E-state index is 0.00649. The Bertz CT molecular complexity index is 406. The summed E-state index contributed by atoms with van der Waals surface area (Å²) in [6.45, 7) is 4.08. The van der Waals surface area contributed by atoms with Crippen LogP contribution < -0.4 is 0 Å². The van der Waals surface area contributed by atoms with Gasteiger partial charge in [0.15, 0.2) is 0 Å². The van der Waals surface area contributed by atoms with Crippen LogP contribution >= 0.6 is 0 Å². The third kappa shape index (κ3) is 2.62. The van der Waals surface area contributed by atoms with Crippen LogP contribution in [0.2, 0.25) is 0 Å². The molecule has 0 saturated heterocycles. The zero-order valence-electron chi connectivity index (χ0n) is 9.30. The van der Waals surface area contributed by atoms with Gasteiger partial charge in [0.25, 0.3) is 0 Å². The highest BCUT2D eigenvalue weighted by Gasteiger charge is 2.17. The number of aromatic nitrogens is 1. The van der Waals surface area contributed by atoms with Crippen LogP contribution in [-0.2, 0) is 11.3 Å². The van der Waals surface area contributed by atoms with E-state index < -0.39 is 11.9 Å². The Morgan fingerprint density at radius 1 is 1.38 bits per heavy atom. The average molecular weight is 225 g/mol. The van der Waals surface area contributed by atoms with E-state index in [0.29, 0.717) is 12.2 Å². The summed E-state index contributed by atoms with van der Waals surface area (Å²) in [6.07, 6.45) is 1.62. The van der Waals surface area contributed by atoms with E-state index in [2.05, 4.69) is 0 Å². The van der Waals surface area contributed by atoms with Crippen LogP contribution in [0.15, 0.2) is 12.3 Å². The molecule has 16 heavy (non-hydrogen) atoms. The molecule has 1 heterocycles. The molecule has 0 aliphatic rings. The number of rotatable bonds is 5. The number of aliphatic carboxylic acids is 1. The molecule has 0 saturated carbocycles. The smallest absolute Gasteiger partial charge is 0.337 e. The normalized spacial score (nSPS) is 10.7. The molecule has 0 amide bonds. The molecule has 5 nitrogen and oxygen atoms in total. The Kier molecular flexibility index (Phi) is 3.71. The molecule has 1 rings (SSSR count). The lowest BCUT2D eigenvalue weighted by atomic mass is 10.1. The van der Waals surface area contributed by atoms with E-state index in [9.17, 15) is 9.59 Å². The topological polar surface area (TPSA) is 79.5 Å². The first-order valence-electron chi connectivity index (χ1n) is 5.07. The van der Waals surface area contributed by atoms with Crippen molar-refractivity contribution < 1.29 is 19.8 Å². The van der Waals surface area contributed by atoms with Crippen LogP contribution in [0.4, 0.5) is 0 Å². The van der Waals surface area contributed by atoms with Gasteiger partial charge < -0.3 is 14.8 Å². The Morgan fingerprint density at radius 2 is 2.00 bits per heavy atom. The monoisotopic (exact) mass is 225 g/mol. The van der Waals surface area contributed by atoms with Crippen molar-refractivity contribution in [3.8, 4) is 0 Å². The number of carboxylic acids is 2. The van der Waals surface area contributed by atoms with Crippen molar-refractivity contribution in [3.05, 3.63) is 23.5 Å². The summed E-state index contributed by atoms with van der Waals surface area (Å²) in [4.78, 5) is 21.4. The average Bonchev–Trinajstić information content (AvgIpc) is 2.57. The zero-order chi connectivity index (χ0) is 12.3. The van der Waals surface area contributed by atoms with E-state index in [4.69, 9.17) is 10.2 Å².